The van der Waals surface area contributed by atoms with E-state index in [9.17, 15) is 23.1 Å². The highest BCUT2D eigenvalue weighted by Gasteiger charge is 2.60. The summed E-state index contributed by atoms with van der Waals surface area (Å²) in [4.78, 5) is 15.7. The number of rotatable bonds is 8. The van der Waals surface area contributed by atoms with Crippen LogP contribution in [0.15, 0.2) is 36.4 Å². The zero-order chi connectivity index (χ0) is 22.9. The number of carbonyl (C=O) groups is 1. The number of ether oxygens (including phenoxy) is 2. The van der Waals surface area contributed by atoms with Gasteiger partial charge in [0.1, 0.15) is 11.5 Å². The Balaban J connectivity index is 1.25. The minimum atomic E-state index is -4.94. The van der Waals surface area contributed by atoms with Crippen LogP contribution in [0.3, 0.4) is 0 Å². The second-order valence-electron chi connectivity index (χ2n) is 7.81. The number of aliphatic hydroxyl groups is 1. The Morgan fingerprint density at radius 3 is 2.53 bits per heavy atom. The molecule has 4 rings (SSSR count). The third-order valence-electron chi connectivity index (χ3n) is 5.63. The largest absolute Gasteiger partial charge is 0.493 e. The molecule has 0 amide bonds. The predicted molar refractivity (Wildman–Crippen MR) is 106 cm³/mol. The number of aliphatic carboxylic acids is 1. The average molecular weight is 453 g/mol. The number of hydrogen-bond donors (Lipinski definition) is 3. The molecule has 0 spiro atoms. The molecule has 10 heteroatoms. The first-order chi connectivity index (χ1) is 15.2. The van der Waals surface area contributed by atoms with Crippen molar-refractivity contribution in [1.29, 1.82) is 0 Å². The van der Waals surface area contributed by atoms with Crippen molar-refractivity contribution in [3.63, 3.8) is 0 Å². The molecule has 0 aromatic heterocycles. The maximum absolute atomic E-state index is 13.0. The summed E-state index contributed by atoms with van der Waals surface area (Å²) in [6.07, 6.45) is -2.64. The number of fused-ring (bicyclic) bond motifs is 2. The minimum Gasteiger partial charge on any atom is -0.493 e. The minimum absolute atomic E-state index is 0.0450. The van der Waals surface area contributed by atoms with Crippen molar-refractivity contribution in [2.24, 2.45) is 0 Å². The lowest BCUT2D eigenvalue weighted by atomic mass is 9.98. The summed E-state index contributed by atoms with van der Waals surface area (Å²) < 4.78 is 50.4. The molecule has 0 bridgehead atoms. The monoisotopic (exact) mass is 453 g/mol. The maximum Gasteiger partial charge on any atom is 0.438 e. The zero-order valence-electron chi connectivity index (χ0n) is 16.9. The molecular weight excluding hydrogens is 431 g/mol. The highest BCUT2D eigenvalue weighted by molar-refractivity contribution is 5.68. The lowest BCUT2D eigenvalue weighted by Crippen LogP contribution is -2.51. The van der Waals surface area contributed by atoms with Gasteiger partial charge in [-0.1, -0.05) is 6.07 Å². The van der Waals surface area contributed by atoms with E-state index in [1.165, 1.54) is 12.1 Å². The number of carboxylic acids is 1. The van der Waals surface area contributed by atoms with Gasteiger partial charge < -0.3 is 24.5 Å². The van der Waals surface area contributed by atoms with Crippen molar-refractivity contribution in [2.45, 2.75) is 43.5 Å². The molecule has 0 fully saturated rings. The number of carboxylic acid groups (broad SMARTS) is 1. The summed E-state index contributed by atoms with van der Waals surface area (Å²) in [7, 11) is 0. The van der Waals surface area contributed by atoms with E-state index in [0.29, 0.717) is 24.5 Å². The van der Waals surface area contributed by atoms with Crippen LogP contribution < -0.4 is 19.8 Å². The van der Waals surface area contributed by atoms with Crippen LogP contribution in [0.1, 0.15) is 41.9 Å². The van der Waals surface area contributed by atoms with E-state index in [0.717, 1.165) is 30.0 Å². The molecule has 32 heavy (non-hydrogen) atoms. The number of benzene rings is 2. The molecule has 1 unspecified atom stereocenters. The van der Waals surface area contributed by atoms with Gasteiger partial charge in [-0.15, -0.1) is 5.48 Å². The molecule has 2 aromatic rings. The van der Waals surface area contributed by atoms with Gasteiger partial charge in [0.15, 0.2) is 5.75 Å². The van der Waals surface area contributed by atoms with Crippen LogP contribution in [0.5, 0.6) is 17.2 Å². The van der Waals surface area contributed by atoms with Crippen LogP contribution in [0, 0.1) is 0 Å². The summed E-state index contributed by atoms with van der Waals surface area (Å²) in [5.41, 5.74) is 0.107. The van der Waals surface area contributed by atoms with Crippen LogP contribution in [-0.2, 0) is 16.9 Å². The van der Waals surface area contributed by atoms with Crippen molar-refractivity contribution in [3.05, 3.63) is 53.1 Å². The predicted octanol–water partition coefficient (Wildman–Crippen LogP) is 3.64. The van der Waals surface area contributed by atoms with Gasteiger partial charge in [0.2, 0.25) is 0 Å². The van der Waals surface area contributed by atoms with E-state index in [1.54, 1.807) is 5.48 Å². The van der Waals surface area contributed by atoms with Crippen molar-refractivity contribution in [1.82, 2.24) is 5.48 Å². The molecule has 0 radical (unpaired) electrons. The number of aryl methyl sites for hydroxylation is 1. The van der Waals surface area contributed by atoms with E-state index >= 15 is 0 Å². The van der Waals surface area contributed by atoms with E-state index in [4.69, 9.17) is 19.4 Å². The number of halogens is 3. The quantitative estimate of drug-likeness (QED) is 0.525. The lowest BCUT2D eigenvalue weighted by Gasteiger charge is -2.24. The maximum atomic E-state index is 13.0. The standard InChI is InChI=1S/C22H22F3NO6/c23-22(24,25)21(29)18-7-5-16(12-19(18)32-26-21)31-9-1-8-30-15-4-6-17-13(10-15)2-3-14(17)11-20(27)28/h4-7,10,12,14,26,29H,1-3,8-9,11H2,(H,27,28)/t14-,21?/m0/s1. The molecule has 2 aliphatic rings. The number of nitrogens with one attached hydrogen (secondary N) is 1. The molecule has 2 aromatic carbocycles. The fraction of sp³-hybridized carbons (Fsp3) is 0.409. The van der Waals surface area contributed by atoms with Crippen molar-refractivity contribution >= 4 is 5.97 Å². The summed E-state index contributed by atoms with van der Waals surface area (Å²) in [6.45, 7) is 0.634. The Hall–Kier alpha value is -2.98. The first-order valence-electron chi connectivity index (χ1n) is 10.2. The molecule has 2 atom stereocenters. The topological polar surface area (TPSA) is 97.3 Å². The van der Waals surface area contributed by atoms with Crippen LogP contribution in [0.2, 0.25) is 0 Å². The van der Waals surface area contributed by atoms with Gasteiger partial charge in [0.05, 0.1) is 25.2 Å². The van der Waals surface area contributed by atoms with Crippen LogP contribution in [0.4, 0.5) is 13.2 Å². The molecule has 172 valence electrons. The average Bonchev–Trinajstić information content (AvgIpc) is 3.28. The molecule has 7 nitrogen and oxygen atoms in total. The first-order valence-corrected chi connectivity index (χ1v) is 10.2. The Bertz CT molecular complexity index is 1010. The third-order valence-corrected chi connectivity index (χ3v) is 5.63. The van der Waals surface area contributed by atoms with E-state index in [2.05, 4.69) is 0 Å². The Labute approximate surface area is 181 Å². The fourth-order valence-corrected chi connectivity index (χ4v) is 4.00. The van der Waals surface area contributed by atoms with Gasteiger partial charge >= 0.3 is 12.1 Å². The van der Waals surface area contributed by atoms with Gasteiger partial charge in [-0.05, 0) is 54.2 Å². The Morgan fingerprint density at radius 1 is 1.16 bits per heavy atom. The normalized spacial score (nSPS) is 21.6. The SMILES string of the molecule is O=C(O)C[C@@H]1CCc2cc(OCCCOc3ccc4c(c3)ONC4(O)C(F)(F)F)ccc21. The van der Waals surface area contributed by atoms with E-state index in [-0.39, 0.29) is 24.7 Å². The Kier molecular flexibility index (Phi) is 5.91. The lowest BCUT2D eigenvalue weighted by molar-refractivity contribution is -0.292. The summed E-state index contributed by atoms with van der Waals surface area (Å²) >= 11 is 0. The highest BCUT2D eigenvalue weighted by atomic mass is 19.4. The van der Waals surface area contributed by atoms with E-state index in [1.807, 2.05) is 18.2 Å². The van der Waals surface area contributed by atoms with E-state index < -0.39 is 23.4 Å². The molecule has 0 saturated carbocycles. The molecule has 1 heterocycles. The molecular formula is C22H22F3NO6. The molecule has 1 aliphatic carbocycles. The number of hydrogen-bond acceptors (Lipinski definition) is 6. The summed E-state index contributed by atoms with van der Waals surface area (Å²) in [6, 6.07) is 9.40. The van der Waals surface area contributed by atoms with Gasteiger partial charge in [-0.2, -0.15) is 13.2 Å². The van der Waals surface area contributed by atoms with Gasteiger partial charge in [-0.25, -0.2) is 0 Å². The second kappa shape index (κ2) is 8.51. The van der Waals surface area contributed by atoms with Crippen LogP contribution in [-0.4, -0.2) is 35.6 Å². The zero-order valence-corrected chi connectivity index (χ0v) is 16.9. The Morgan fingerprint density at radius 2 is 1.84 bits per heavy atom. The number of hydroxylamine groups is 1. The highest BCUT2D eigenvalue weighted by Crippen LogP contribution is 2.45. The van der Waals surface area contributed by atoms with Gasteiger partial charge in [0, 0.05) is 12.5 Å². The second-order valence-corrected chi connectivity index (χ2v) is 7.81. The summed E-state index contributed by atoms with van der Waals surface area (Å²) in [5.74, 6) is 0.0917. The van der Waals surface area contributed by atoms with Crippen molar-refractivity contribution in [3.8, 4) is 17.2 Å². The molecule has 0 saturated heterocycles. The van der Waals surface area contributed by atoms with Crippen LogP contribution in [0.25, 0.3) is 0 Å². The number of alkyl halides is 3. The van der Waals surface area contributed by atoms with Crippen molar-refractivity contribution in [2.75, 3.05) is 13.2 Å². The smallest absolute Gasteiger partial charge is 0.438 e. The van der Waals surface area contributed by atoms with Crippen molar-refractivity contribution < 1.29 is 42.5 Å². The first kappa shape index (κ1) is 22.2. The van der Waals surface area contributed by atoms with Gasteiger partial charge in [-0.3, -0.25) is 4.79 Å². The molecule has 1 aliphatic heterocycles. The van der Waals surface area contributed by atoms with Crippen LogP contribution >= 0.6 is 0 Å². The molecule has 3 N–H and O–H groups in total. The fourth-order valence-electron chi connectivity index (χ4n) is 4.00. The third kappa shape index (κ3) is 4.33. The summed E-state index contributed by atoms with van der Waals surface area (Å²) in [5, 5.41) is 18.8. The van der Waals surface area contributed by atoms with Gasteiger partial charge in [0.25, 0.3) is 5.72 Å².